The lowest BCUT2D eigenvalue weighted by Crippen LogP contribution is -2.41. The van der Waals surface area contributed by atoms with E-state index in [2.05, 4.69) is 30.4 Å². The van der Waals surface area contributed by atoms with Gasteiger partial charge in [0, 0.05) is 5.54 Å². The van der Waals surface area contributed by atoms with Crippen molar-refractivity contribution in [3.8, 4) is 0 Å². The van der Waals surface area contributed by atoms with Crippen LogP contribution in [0.25, 0.3) is 6.08 Å². The Balaban J connectivity index is 2.16. The number of fused-ring (bicyclic) bond motifs is 1. The molecule has 1 aromatic carbocycles. The smallest absolute Gasteiger partial charge is 0.224 e. The van der Waals surface area contributed by atoms with Crippen LogP contribution in [0, 0.1) is 0 Å². The maximum absolute atomic E-state index is 12.0. The molecule has 1 aromatic rings. The van der Waals surface area contributed by atoms with Gasteiger partial charge in [0.25, 0.3) is 0 Å². The lowest BCUT2D eigenvalue weighted by atomic mass is 10.00. The third-order valence-electron chi connectivity index (χ3n) is 3.01. The van der Waals surface area contributed by atoms with E-state index in [1.165, 1.54) is 16.7 Å². The summed E-state index contributed by atoms with van der Waals surface area (Å²) in [5, 5.41) is 3.01. The first-order valence-corrected chi connectivity index (χ1v) is 6.44. The molecule has 1 N–H and O–H groups in total. The molecule has 0 saturated carbocycles. The zero-order valence-electron chi connectivity index (χ0n) is 11.6. The van der Waals surface area contributed by atoms with E-state index >= 15 is 0 Å². The van der Waals surface area contributed by atoms with Crippen LogP contribution in [0.5, 0.6) is 0 Å². The molecular formula is C16H21NO. The number of carbonyl (C=O) groups is 1. The Bertz CT molecular complexity index is 506. The van der Waals surface area contributed by atoms with E-state index < -0.39 is 0 Å². The fourth-order valence-electron chi connectivity index (χ4n) is 2.39. The summed E-state index contributed by atoms with van der Waals surface area (Å²) < 4.78 is 0. The summed E-state index contributed by atoms with van der Waals surface area (Å²) in [5.41, 5.74) is 4.92. The molecule has 0 aromatic heterocycles. The highest BCUT2D eigenvalue weighted by Gasteiger charge is 2.17. The maximum atomic E-state index is 12.0. The second-order valence-electron chi connectivity index (χ2n) is 6.13. The molecule has 0 atom stereocenters. The van der Waals surface area contributed by atoms with Gasteiger partial charge in [-0.25, -0.2) is 0 Å². The summed E-state index contributed by atoms with van der Waals surface area (Å²) in [6, 6.07) is 6.24. The molecule has 18 heavy (non-hydrogen) atoms. The third kappa shape index (κ3) is 3.00. The van der Waals surface area contributed by atoms with Crippen LogP contribution in [0.3, 0.4) is 0 Å². The first-order valence-electron chi connectivity index (χ1n) is 6.44. The highest BCUT2D eigenvalue weighted by molar-refractivity contribution is 5.81. The van der Waals surface area contributed by atoms with Crippen LogP contribution >= 0.6 is 0 Å². The van der Waals surface area contributed by atoms with Crippen molar-refractivity contribution in [3.63, 3.8) is 0 Å². The fraction of sp³-hybridized carbons (Fsp3) is 0.438. The summed E-state index contributed by atoms with van der Waals surface area (Å²) in [7, 11) is 0. The number of amides is 1. The van der Waals surface area contributed by atoms with Crippen LogP contribution in [0.2, 0.25) is 0 Å². The van der Waals surface area contributed by atoms with Gasteiger partial charge in [-0.3, -0.25) is 4.79 Å². The van der Waals surface area contributed by atoms with Crippen molar-refractivity contribution in [3.05, 3.63) is 40.5 Å². The van der Waals surface area contributed by atoms with Crippen LogP contribution in [-0.4, -0.2) is 11.4 Å². The van der Waals surface area contributed by atoms with Crippen LogP contribution in [0.15, 0.2) is 23.8 Å². The van der Waals surface area contributed by atoms with Crippen LogP contribution in [0.1, 0.15) is 44.4 Å². The van der Waals surface area contributed by atoms with Crippen molar-refractivity contribution in [2.75, 3.05) is 0 Å². The number of allylic oxidation sites excluding steroid dienone is 1. The second kappa shape index (κ2) is 4.60. The van der Waals surface area contributed by atoms with Crippen molar-refractivity contribution in [1.82, 2.24) is 5.32 Å². The topological polar surface area (TPSA) is 29.1 Å². The average molecular weight is 243 g/mol. The number of benzene rings is 1. The molecule has 0 unspecified atom stereocenters. The summed E-state index contributed by atoms with van der Waals surface area (Å²) in [4.78, 5) is 12.0. The summed E-state index contributed by atoms with van der Waals surface area (Å²) >= 11 is 0. The van der Waals surface area contributed by atoms with Crippen molar-refractivity contribution < 1.29 is 4.79 Å². The van der Waals surface area contributed by atoms with Crippen LogP contribution in [0.4, 0.5) is 0 Å². The van der Waals surface area contributed by atoms with Gasteiger partial charge in [-0.15, -0.1) is 0 Å². The zero-order chi connectivity index (χ0) is 13.3. The molecule has 2 heteroatoms. The van der Waals surface area contributed by atoms with Gasteiger partial charge in [-0.05, 0) is 50.8 Å². The largest absolute Gasteiger partial charge is 0.351 e. The zero-order valence-corrected chi connectivity index (χ0v) is 11.6. The average Bonchev–Trinajstić information content (AvgIpc) is 2.56. The van der Waals surface area contributed by atoms with Crippen molar-refractivity contribution in [1.29, 1.82) is 0 Å². The molecule has 2 nitrogen and oxygen atoms in total. The molecule has 96 valence electrons. The quantitative estimate of drug-likeness (QED) is 0.849. The van der Waals surface area contributed by atoms with E-state index in [1.54, 1.807) is 0 Å². The van der Waals surface area contributed by atoms with Crippen molar-refractivity contribution in [2.45, 2.75) is 46.1 Å². The van der Waals surface area contributed by atoms with Gasteiger partial charge in [0.15, 0.2) is 0 Å². The van der Waals surface area contributed by atoms with Gasteiger partial charge in [-0.2, -0.15) is 0 Å². The van der Waals surface area contributed by atoms with Gasteiger partial charge in [0.05, 0.1) is 6.42 Å². The van der Waals surface area contributed by atoms with Gasteiger partial charge >= 0.3 is 0 Å². The van der Waals surface area contributed by atoms with Crippen LogP contribution in [-0.2, 0) is 17.6 Å². The minimum absolute atomic E-state index is 0.0915. The molecule has 0 fully saturated rings. The first-order chi connectivity index (χ1) is 8.35. The van der Waals surface area contributed by atoms with E-state index in [0.29, 0.717) is 6.42 Å². The normalized spacial score (nSPS) is 14.1. The SMILES string of the molecule is CC1=Cc2c(CC(=O)NC(C)(C)C)cccc2C1. The molecule has 0 spiro atoms. The van der Waals surface area contributed by atoms with Gasteiger partial charge in [-0.1, -0.05) is 29.8 Å². The predicted molar refractivity (Wildman–Crippen MR) is 75.4 cm³/mol. The monoisotopic (exact) mass is 243 g/mol. The van der Waals surface area contributed by atoms with Crippen molar-refractivity contribution >= 4 is 12.0 Å². The molecule has 0 aliphatic heterocycles. The fourth-order valence-corrected chi connectivity index (χ4v) is 2.39. The minimum Gasteiger partial charge on any atom is -0.351 e. The molecule has 0 radical (unpaired) electrons. The van der Waals surface area contributed by atoms with E-state index in [1.807, 2.05) is 26.8 Å². The third-order valence-corrected chi connectivity index (χ3v) is 3.01. The predicted octanol–water partition coefficient (Wildman–Crippen LogP) is 3.10. The maximum Gasteiger partial charge on any atom is 0.224 e. The molecule has 2 rings (SSSR count). The Labute approximate surface area is 109 Å². The molecule has 0 saturated heterocycles. The summed E-state index contributed by atoms with van der Waals surface area (Å²) in [6.45, 7) is 8.15. The van der Waals surface area contributed by atoms with Gasteiger partial charge in [0.1, 0.15) is 0 Å². The Kier molecular flexibility index (Phi) is 3.29. The van der Waals surface area contributed by atoms with E-state index in [4.69, 9.17) is 0 Å². The summed E-state index contributed by atoms with van der Waals surface area (Å²) in [5.74, 6) is 0.0915. The Morgan fingerprint density at radius 2 is 2.06 bits per heavy atom. The molecule has 1 amide bonds. The lowest BCUT2D eigenvalue weighted by molar-refractivity contribution is -0.121. The van der Waals surface area contributed by atoms with E-state index in [9.17, 15) is 4.79 Å². The number of nitrogens with one attached hydrogen (secondary N) is 1. The number of rotatable bonds is 2. The lowest BCUT2D eigenvalue weighted by Gasteiger charge is -2.20. The van der Waals surface area contributed by atoms with Gasteiger partial charge in [0.2, 0.25) is 5.91 Å². The molecular weight excluding hydrogens is 222 g/mol. The van der Waals surface area contributed by atoms with Crippen molar-refractivity contribution in [2.24, 2.45) is 0 Å². The van der Waals surface area contributed by atoms with E-state index in [-0.39, 0.29) is 11.4 Å². The highest BCUT2D eigenvalue weighted by atomic mass is 16.1. The number of carbonyl (C=O) groups excluding carboxylic acids is 1. The van der Waals surface area contributed by atoms with Crippen LogP contribution < -0.4 is 5.32 Å². The molecule has 1 aliphatic rings. The van der Waals surface area contributed by atoms with E-state index in [0.717, 1.165) is 12.0 Å². The Morgan fingerprint density at radius 3 is 2.72 bits per heavy atom. The highest BCUT2D eigenvalue weighted by Crippen LogP contribution is 2.27. The Hall–Kier alpha value is -1.57. The standard InChI is InChI=1S/C16H21NO/c1-11-8-12-6-5-7-13(14(12)9-11)10-15(18)17-16(2,3)4/h5-7,9H,8,10H2,1-4H3,(H,17,18). The van der Waals surface area contributed by atoms with Gasteiger partial charge < -0.3 is 5.32 Å². The minimum atomic E-state index is -0.166. The first kappa shape index (κ1) is 12.9. The summed E-state index contributed by atoms with van der Waals surface area (Å²) in [6.07, 6.45) is 3.68. The molecule has 0 heterocycles. The molecule has 1 aliphatic carbocycles. The molecule has 0 bridgehead atoms. The number of hydrogen-bond donors (Lipinski definition) is 1. The number of hydrogen-bond acceptors (Lipinski definition) is 1. The Morgan fingerprint density at radius 1 is 1.33 bits per heavy atom. The second-order valence-corrected chi connectivity index (χ2v) is 6.13.